The van der Waals surface area contributed by atoms with Crippen LogP contribution < -0.4 is 10.6 Å². The molecule has 0 atom stereocenters. The Kier molecular flexibility index (Phi) is 4.35. The zero-order chi connectivity index (χ0) is 12.8. The normalized spacial score (nSPS) is 13.8. The van der Waals surface area contributed by atoms with Gasteiger partial charge < -0.3 is 15.4 Å². The molecule has 0 aliphatic carbocycles. The van der Waals surface area contributed by atoms with Crippen LogP contribution in [-0.4, -0.2) is 35.5 Å². The number of aromatic nitrogens is 2. The molecule has 0 fully saturated rings. The number of nitrogens with one attached hydrogen (secondary N) is 2. The third-order valence-electron chi connectivity index (χ3n) is 2.79. The van der Waals surface area contributed by atoms with Crippen LogP contribution in [0, 0.1) is 0 Å². The summed E-state index contributed by atoms with van der Waals surface area (Å²) in [4.78, 5) is 11.3. The summed E-state index contributed by atoms with van der Waals surface area (Å²) < 4.78 is 7.29. The number of rotatable bonds is 5. The monoisotopic (exact) mass is 250 g/mol. The molecule has 1 aromatic heterocycles. The smallest absolute Gasteiger partial charge is 0.315 e. The number of hydrogen-bond donors (Lipinski definition) is 2. The first-order valence-corrected chi connectivity index (χ1v) is 6.05. The van der Waals surface area contributed by atoms with Gasteiger partial charge >= 0.3 is 6.03 Å². The van der Waals surface area contributed by atoms with Crippen molar-refractivity contribution in [1.82, 2.24) is 20.4 Å². The third kappa shape index (κ3) is 3.10. The summed E-state index contributed by atoms with van der Waals surface area (Å²) in [5.74, 6) is 0. The Bertz CT molecular complexity index is 428. The van der Waals surface area contributed by atoms with Crippen molar-refractivity contribution in [3.8, 4) is 0 Å². The van der Waals surface area contributed by atoms with E-state index in [-0.39, 0.29) is 6.03 Å². The zero-order valence-corrected chi connectivity index (χ0v) is 10.3. The van der Waals surface area contributed by atoms with Gasteiger partial charge in [-0.15, -0.1) is 6.58 Å². The maximum absolute atomic E-state index is 11.3. The van der Waals surface area contributed by atoms with Crippen molar-refractivity contribution in [3.63, 3.8) is 0 Å². The zero-order valence-electron chi connectivity index (χ0n) is 10.3. The molecule has 0 saturated heterocycles. The third-order valence-corrected chi connectivity index (χ3v) is 2.79. The molecule has 0 spiro atoms. The lowest BCUT2D eigenvalue weighted by Crippen LogP contribution is -2.37. The van der Waals surface area contributed by atoms with E-state index in [0.29, 0.717) is 26.2 Å². The Morgan fingerprint density at radius 2 is 2.50 bits per heavy atom. The lowest BCUT2D eigenvalue weighted by molar-refractivity contribution is 0.109. The highest BCUT2D eigenvalue weighted by Crippen LogP contribution is 2.15. The van der Waals surface area contributed by atoms with E-state index < -0.39 is 0 Å². The van der Waals surface area contributed by atoms with Crippen LogP contribution in [0.3, 0.4) is 0 Å². The van der Waals surface area contributed by atoms with Crippen molar-refractivity contribution in [1.29, 1.82) is 0 Å². The largest absolute Gasteiger partial charge is 0.376 e. The molecule has 98 valence electrons. The predicted octanol–water partition coefficient (Wildman–Crippen LogP) is 0.441. The van der Waals surface area contributed by atoms with Crippen LogP contribution in [0.4, 0.5) is 4.79 Å². The molecule has 6 nitrogen and oxygen atoms in total. The SMILES string of the molecule is C=CCNC(=O)NCCn1ncc2c1CCOC2. The number of urea groups is 1. The highest BCUT2D eigenvalue weighted by molar-refractivity contribution is 5.73. The van der Waals surface area contributed by atoms with E-state index in [4.69, 9.17) is 4.74 Å². The van der Waals surface area contributed by atoms with E-state index in [1.165, 1.54) is 5.69 Å². The van der Waals surface area contributed by atoms with E-state index in [9.17, 15) is 4.79 Å². The molecule has 0 saturated carbocycles. The number of nitrogens with zero attached hydrogens (tertiary/aromatic N) is 2. The lowest BCUT2D eigenvalue weighted by Gasteiger charge is -2.14. The van der Waals surface area contributed by atoms with Gasteiger partial charge in [0.25, 0.3) is 0 Å². The molecule has 0 bridgehead atoms. The number of ether oxygens (including phenoxy) is 1. The van der Waals surface area contributed by atoms with E-state index in [1.54, 1.807) is 6.08 Å². The minimum Gasteiger partial charge on any atom is -0.376 e. The van der Waals surface area contributed by atoms with E-state index in [2.05, 4.69) is 22.3 Å². The Balaban J connectivity index is 1.78. The molecule has 2 N–H and O–H groups in total. The molecule has 18 heavy (non-hydrogen) atoms. The van der Waals surface area contributed by atoms with E-state index in [0.717, 1.165) is 18.6 Å². The van der Waals surface area contributed by atoms with Crippen LogP contribution in [0.5, 0.6) is 0 Å². The molecule has 0 radical (unpaired) electrons. The van der Waals surface area contributed by atoms with Crippen molar-refractivity contribution >= 4 is 6.03 Å². The van der Waals surface area contributed by atoms with Gasteiger partial charge in [-0.2, -0.15) is 5.10 Å². The van der Waals surface area contributed by atoms with Gasteiger partial charge in [0.05, 0.1) is 26.0 Å². The van der Waals surface area contributed by atoms with Gasteiger partial charge in [0, 0.05) is 30.8 Å². The second-order valence-electron chi connectivity index (χ2n) is 4.07. The van der Waals surface area contributed by atoms with Gasteiger partial charge in [0.15, 0.2) is 0 Å². The van der Waals surface area contributed by atoms with E-state index in [1.807, 2.05) is 10.9 Å². The number of carbonyl (C=O) groups is 1. The van der Waals surface area contributed by atoms with Crippen molar-refractivity contribution < 1.29 is 9.53 Å². The molecule has 2 heterocycles. The molecule has 6 heteroatoms. The summed E-state index contributed by atoms with van der Waals surface area (Å²) in [6.45, 7) is 6.62. The van der Waals surface area contributed by atoms with E-state index >= 15 is 0 Å². The van der Waals surface area contributed by atoms with Gasteiger partial charge in [-0.1, -0.05) is 6.08 Å². The summed E-state index contributed by atoms with van der Waals surface area (Å²) >= 11 is 0. The number of hydrogen-bond acceptors (Lipinski definition) is 3. The fourth-order valence-electron chi connectivity index (χ4n) is 1.91. The molecule has 1 aromatic rings. The summed E-state index contributed by atoms with van der Waals surface area (Å²) in [5, 5.41) is 9.74. The Labute approximate surface area is 106 Å². The Hall–Kier alpha value is -1.82. The van der Waals surface area contributed by atoms with Crippen molar-refractivity contribution in [2.75, 3.05) is 19.7 Å². The second-order valence-corrected chi connectivity index (χ2v) is 4.07. The highest BCUT2D eigenvalue weighted by atomic mass is 16.5. The Morgan fingerprint density at radius 3 is 3.33 bits per heavy atom. The number of fused-ring (bicyclic) bond motifs is 1. The average molecular weight is 250 g/mol. The second kappa shape index (κ2) is 6.20. The molecule has 0 unspecified atom stereocenters. The fraction of sp³-hybridized carbons (Fsp3) is 0.500. The van der Waals surface area contributed by atoms with Gasteiger partial charge in [0.1, 0.15) is 0 Å². The minimum atomic E-state index is -0.181. The predicted molar refractivity (Wildman–Crippen MR) is 67.2 cm³/mol. The van der Waals surface area contributed by atoms with Crippen LogP contribution in [-0.2, 0) is 24.3 Å². The topological polar surface area (TPSA) is 68.2 Å². The van der Waals surface area contributed by atoms with Gasteiger partial charge in [0.2, 0.25) is 0 Å². The van der Waals surface area contributed by atoms with Crippen LogP contribution in [0.2, 0.25) is 0 Å². The quantitative estimate of drug-likeness (QED) is 0.745. The van der Waals surface area contributed by atoms with Crippen molar-refractivity contribution in [2.24, 2.45) is 0 Å². The molecule has 1 aliphatic rings. The number of amides is 2. The summed E-state index contributed by atoms with van der Waals surface area (Å²) in [5.41, 5.74) is 2.37. The lowest BCUT2D eigenvalue weighted by atomic mass is 10.2. The fourth-order valence-corrected chi connectivity index (χ4v) is 1.91. The first-order chi connectivity index (χ1) is 8.81. The van der Waals surface area contributed by atoms with Gasteiger partial charge in [-0.3, -0.25) is 4.68 Å². The number of carbonyl (C=O) groups excluding carboxylic acids is 1. The average Bonchev–Trinajstić information content (AvgIpc) is 2.80. The standard InChI is InChI=1S/C12H18N4O2/c1-2-4-13-12(17)14-5-6-16-11-3-7-18-9-10(11)8-15-16/h2,8H,1,3-7,9H2,(H2,13,14,17). The summed E-state index contributed by atoms with van der Waals surface area (Å²) in [6.07, 6.45) is 4.37. The van der Waals surface area contributed by atoms with Crippen LogP contribution in [0.1, 0.15) is 11.3 Å². The molecular weight excluding hydrogens is 232 g/mol. The van der Waals surface area contributed by atoms with Gasteiger partial charge in [-0.25, -0.2) is 4.79 Å². The molecule has 0 aromatic carbocycles. The van der Waals surface area contributed by atoms with Gasteiger partial charge in [-0.05, 0) is 0 Å². The minimum absolute atomic E-state index is 0.181. The molecule has 1 aliphatic heterocycles. The molecular formula is C12H18N4O2. The van der Waals surface area contributed by atoms with Crippen molar-refractivity contribution in [3.05, 3.63) is 30.1 Å². The first-order valence-electron chi connectivity index (χ1n) is 6.05. The molecule has 2 amide bonds. The highest BCUT2D eigenvalue weighted by Gasteiger charge is 2.14. The first kappa shape index (κ1) is 12.6. The summed E-state index contributed by atoms with van der Waals surface area (Å²) in [6, 6.07) is -0.181. The maximum Gasteiger partial charge on any atom is 0.315 e. The van der Waals surface area contributed by atoms with Crippen LogP contribution in [0.25, 0.3) is 0 Å². The maximum atomic E-state index is 11.3. The summed E-state index contributed by atoms with van der Waals surface area (Å²) in [7, 11) is 0. The Morgan fingerprint density at radius 1 is 1.61 bits per heavy atom. The van der Waals surface area contributed by atoms with Crippen molar-refractivity contribution in [2.45, 2.75) is 19.6 Å². The van der Waals surface area contributed by atoms with Crippen LogP contribution >= 0.6 is 0 Å². The van der Waals surface area contributed by atoms with Crippen LogP contribution in [0.15, 0.2) is 18.9 Å². The molecule has 2 rings (SSSR count).